The first-order valence-corrected chi connectivity index (χ1v) is 14.1. The van der Waals surface area contributed by atoms with Crippen molar-refractivity contribution >= 4 is 23.5 Å². The SMILES string of the molecule is CC(C)[C@@H]1CC[C@H](C)C[C@H]1OC(=O)c1ccccc1NC(=O)COC(=O)C12C[C@@H]3C[C@H](CC(O)(C3)C1)C2. The zero-order chi connectivity index (χ0) is 26.4. The highest BCUT2D eigenvalue weighted by Gasteiger charge is 2.61. The highest BCUT2D eigenvalue weighted by atomic mass is 16.5. The van der Waals surface area contributed by atoms with Crippen LogP contribution in [0.3, 0.4) is 0 Å². The molecule has 202 valence electrons. The van der Waals surface area contributed by atoms with Gasteiger partial charge >= 0.3 is 11.9 Å². The Kier molecular flexibility index (Phi) is 7.12. The van der Waals surface area contributed by atoms with E-state index in [1.54, 1.807) is 24.3 Å². The Hall–Kier alpha value is -2.41. The molecule has 4 bridgehead atoms. The maximum Gasteiger partial charge on any atom is 0.340 e. The lowest BCUT2D eigenvalue weighted by molar-refractivity contribution is -0.196. The molecule has 0 saturated heterocycles. The molecule has 0 unspecified atom stereocenters. The lowest BCUT2D eigenvalue weighted by Crippen LogP contribution is -2.58. The molecule has 7 heteroatoms. The summed E-state index contributed by atoms with van der Waals surface area (Å²) in [5, 5.41) is 13.7. The molecule has 5 aliphatic rings. The van der Waals surface area contributed by atoms with Crippen molar-refractivity contribution in [2.24, 2.45) is 35.0 Å². The number of benzene rings is 1. The number of rotatable bonds is 7. The number of esters is 2. The summed E-state index contributed by atoms with van der Waals surface area (Å²) in [7, 11) is 0. The first-order chi connectivity index (χ1) is 17.6. The van der Waals surface area contributed by atoms with E-state index in [0.717, 1.165) is 51.4 Å². The smallest absolute Gasteiger partial charge is 0.340 e. The summed E-state index contributed by atoms with van der Waals surface area (Å²) in [4.78, 5) is 39.0. The number of para-hydroxylation sites is 1. The number of amides is 1. The average molecular weight is 512 g/mol. The lowest BCUT2D eigenvalue weighted by atomic mass is 9.48. The van der Waals surface area contributed by atoms with Gasteiger partial charge in [-0.25, -0.2) is 4.79 Å². The molecule has 5 fully saturated rings. The van der Waals surface area contributed by atoms with Crippen LogP contribution < -0.4 is 5.32 Å². The average Bonchev–Trinajstić information content (AvgIpc) is 2.81. The zero-order valence-corrected chi connectivity index (χ0v) is 22.3. The molecule has 37 heavy (non-hydrogen) atoms. The van der Waals surface area contributed by atoms with E-state index < -0.39 is 29.5 Å². The summed E-state index contributed by atoms with van der Waals surface area (Å²) in [6.45, 7) is 6.10. The van der Waals surface area contributed by atoms with Gasteiger partial charge < -0.3 is 19.9 Å². The largest absolute Gasteiger partial charge is 0.458 e. The molecule has 5 aliphatic carbocycles. The third kappa shape index (κ3) is 5.43. The summed E-state index contributed by atoms with van der Waals surface area (Å²) in [5.74, 6) is 0.637. The lowest BCUT2D eigenvalue weighted by Gasteiger charge is -2.58. The zero-order valence-electron chi connectivity index (χ0n) is 22.3. The molecule has 1 aromatic carbocycles. The Morgan fingerprint density at radius 1 is 1.05 bits per heavy atom. The van der Waals surface area contributed by atoms with Crippen LogP contribution in [0, 0.1) is 35.0 Å². The fourth-order valence-corrected chi connectivity index (χ4v) is 8.14. The van der Waals surface area contributed by atoms with Gasteiger partial charge in [0.15, 0.2) is 6.61 Å². The van der Waals surface area contributed by atoms with Crippen LogP contribution in [-0.2, 0) is 19.1 Å². The van der Waals surface area contributed by atoms with Crippen LogP contribution in [-0.4, -0.2) is 41.3 Å². The monoisotopic (exact) mass is 511 g/mol. The fraction of sp³-hybridized carbons (Fsp3) is 0.700. The maximum atomic E-state index is 13.2. The van der Waals surface area contributed by atoms with Crippen molar-refractivity contribution in [1.29, 1.82) is 0 Å². The number of anilines is 1. The highest BCUT2D eigenvalue weighted by Crippen LogP contribution is 2.62. The summed E-state index contributed by atoms with van der Waals surface area (Å²) in [6.07, 6.45) is 7.39. The molecule has 0 spiro atoms. The molecule has 6 rings (SSSR count). The third-order valence-electron chi connectivity index (χ3n) is 9.44. The molecule has 1 aromatic rings. The topological polar surface area (TPSA) is 102 Å². The van der Waals surface area contributed by atoms with Crippen LogP contribution in [0.2, 0.25) is 0 Å². The molecule has 0 radical (unpaired) electrons. The van der Waals surface area contributed by atoms with Crippen molar-refractivity contribution in [3.8, 4) is 0 Å². The van der Waals surface area contributed by atoms with Crippen molar-refractivity contribution in [3.63, 3.8) is 0 Å². The van der Waals surface area contributed by atoms with Crippen LogP contribution in [0.15, 0.2) is 24.3 Å². The Bertz CT molecular complexity index is 1040. The van der Waals surface area contributed by atoms with E-state index in [9.17, 15) is 19.5 Å². The molecule has 0 aromatic heterocycles. The standard InChI is InChI=1S/C30H41NO6/c1-18(2)22-9-8-19(3)10-25(22)37-27(33)23-6-4-5-7-24(23)31-26(32)16-36-28(34)29-12-20-11-21(13-29)15-30(35,14-20)17-29/h4-7,18-22,25,35H,8-17H2,1-3H3,(H,31,32)/t19-,20-,21-,22-,25+,29?,30?/m0/s1. The van der Waals surface area contributed by atoms with Crippen LogP contribution >= 0.6 is 0 Å². The predicted octanol–water partition coefficient (Wildman–Crippen LogP) is 5.12. The molecule has 2 N–H and O–H groups in total. The highest BCUT2D eigenvalue weighted by molar-refractivity contribution is 6.02. The summed E-state index contributed by atoms with van der Waals surface area (Å²) < 4.78 is 11.5. The number of carbonyl (C=O) groups is 3. The van der Waals surface area contributed by atoms with E-state index in [4.69, 9.17) is 9.47 Å². The first-order valence-electron chi connectivity index (χ1n) is 14.1. The maximum absolute atomic E-state index is 13.2. The number of nitrogens with one attached hydrogen (secondary N) is 1. The number of hydrogen-bond acceptors (Lipinski definition) is 6. The Morgan fingerprint density at radius 2 is 1.76 bits per heavy atom. The van der Waals surface area contributed by atoms with E-state index in [0.29, 0.717) is 47.3 Å². The molecule has 0 heterocycles. The summed E-state index contributed by atoms with van der Waals surface area (Å²) >= 11 is 0. The van der Waals surface area contributed by atoms with Gasteiger partial charge in [-0.05, 0) is 93.1 Å². The second kappa shape index (κ2) is 10.0. The predicted molar refractivity (Wildman–Crippen MR) is 139 cm³/mol. The van der Waals surface area contributed by atoms with Gasteiger partial charge in [0.05, 0.1) is 22.3 Å². The van der Waals surface area contributed by atoms with Gasteiger partial charge in [-0.1, -0.05) is 39.3 Å². The van der Waals surface area contributed by atoms with E-state index in [2.05, 4.69) is 26.1 Å². The van der Waals surface area contributed by atoms with Crippen molar-refractivity contribution < 1.29 is 29.0 Å². The van der Waals surface area contributed by atoms with Crippen LogP contribution in [0.1, 0.15) is 88.9 Å². The van der Waals surface area contributed by atoms with Crippen molar-refractivity contribution in [1.82, 2.24) is 0 Å². The number of ether oxygens (including phenoxy) is 2. The number of carbonyl (C=O) groups excluding carboxylic acids is 3. The van der Waals surface area contributed by atoms with Gasteiger partial charge in [-0.2, -0.15) is 0 Å². The first kappa shape index (κ1) is 26.2. The van der Waals surface area contributed by atoms with E-state index >= 15 is 0 Å². The van der Waals surface area contributed by atoms with Crippen molar-refractivity contribution in [3.05, 3.63) is 29.8 Å². The molecule has 7 nitrogen and oxygen atoms in total. The second-order valence-corrected chi connectivity index (χ2v) is 12.9. The minimum Gasteiger partial charge on any atom is -0.458 e. The van der Waals surface area contributed by atoms with Gasteiger partial charge in [-0.15, -0.1) is 0 Å². The van der Waals surface area contributed by atoms with Gasteiger partial charge in [0.25, 0.3) is 5.91 Å². The molecule has 5 atom stereocenters. The molecule has 1 amide bonds. The van der Waals surface area contributed by atoms with E-state index in [1.807, 2.05) is 0 Å². The molecule has 0 aliphatic heterocycles. The van der Waals surface area contributed by atoms with Crippen molar-refractivity contribution in [2.45, 2.75) is 90.3 Å². The van der Waals surface area contributed by atoms with Gasteiger partial charge in [0.1, 0.15) is 6.10 Å². The van der Waals surface area contributed by atoms with E-state index in [-0.39, 0.29) is 12.1 Å². The van der Waals surface area contributed by atoms with Gasteiger partial charge in [-0.3, -0.25) is 9.59 Å². The van der Waals surface area contributed by atoms with Crippen LogP contribution in [0.25, 0.3) is 0 Å². The van der Waals surface area contributed by atoms with E-state index in [1.165, 1.54) is 0 Å². The normalized spacial score (nSPS) is 36.3. The summed E-state index contributed by atoms with van der Waals surface area (Å²) in [5.41, 5.74) is -0.797. The Balaban J connectivity index is 1.20. The van der Waals surface area contributed by atoms with Crippen molar-refractivity contribution in [2.75, 3.05) is 11.9 Å². The number of hydrogen-bond donors (Lipinski definition) is 2. The Labute approximate surface area is 219 Å². The fourth-order valence-electron chi connectivity index (χ4n) is 8.14. The minimum absolute atomic E-state index is 0.143. The Morgan fingerprint density at radius 3 is 2.43 bits per heavy atom. The van der Waals surface area contributed by atoms with Crippen LogP contribution in [0.5, 0.6) is 0 Å². The van der Waals surface area contributed by atoms with Gasteiger partial charge in [0, 0.05) is 0 Å². The van der Waals surface area contributed by atoms with Gasteiger partial charge in [0.2, 0.25) is 0 Å². The van der Waals surface area contributed by atoms with Crippen LogP contribution in [0.4, 0.5) is 5.69 Å². The molecular formula is C30H41NO6. The minimum atomic E-state index is -0.768. The third-order valence-corrected chi connectivity index (χ3v) is 9.44. The quantitative estimate of drug-likeness (QED) is 0.493. The molecular weight excluding hydrogens is 470 g/mol. The summed E-state index contributed by atoms with van der Waals surface area (Å²) in [6, 6.07) is 6.80. The molecule has 5 saturated carbocycles. The number of aliphatic hydroxyl groups is 1. The second-order valence-electron chi connectivity index (χ2n) is 12.9.